The van der Waals surface area contributed by atoms with E-state index in [4.69, 9.17) is 4.42 Å². The normalized spacial score (nSPS) is 22.1. The average molecular weight is 437 g/mol. The van der Waals surface area contributed by atoms with Crippen LogP contribution in [-0.4, -0.2) is 10.9 Å². The van der Waals surface area contributed by atoms with Gasteiger partial charge in [0.1, 0.15) is 17.6 Å². The minimum absolute atomic E-state index is 0.230. The van der Waals surface area contributed by atoms with Crippen LogP contribution < -0.4 is 0 Å². The zero-order valence-corrected chi connectivity index (χ0v) is 20.0. The molecule has 1 aromatic rings. The Hall–Kier alpha value is -2.13. The summed E-state index contributed by atoms with van der Waals surface area (Å²) in [6.45, 7) is 6.55. The van der Waals surface area contributed by atoms with Crippen LogP contribution in [0.25, 0.3) is 0 Å². The summed E-state index contributed by atoms with van der Waals surface area (Å²) >= 11 is 0. The van der Waals surface area contributed by atoms with E-state index in [1.165, 1.54) is 11.1 Å². The Bertz CT molecular complexity index is 840. The van der Waals surface area contributed by atoms with Gasteiger partial charge in [0, 0.05) is 12.8 Å². The lowest BCUT2D eigenvalue weighted by Gasteiger charge is -2.38. The number of aliphatic hydroxyl groups is 1. The third-order valence-electron chi connectivity index (χ3n) is 7.10. The largest absolute Gasteiger partial charge is 0.467 e. The maximum Gasteiger partial charge on any atom is 0.133 e. The van der Waals surface area contributed by atoms with Gasteiger partial charge in [0.05, 0.1) is 6.26 Å². The first kappa shape index (κ1) is 24.5. The smallest absolute Gasteiger partial charge is 0.133 e. The highest BCUT2D eigenvalue weighted by molar-refractivity contribution is 5.79. The maximum atomic E-state index is 12.9. The molecule has 174 valence electrons. The van der Waals surface area contributed by atoms with Crippen LogP contribution in [0.5, 0.6) is 0 Å². The topological polar surface area (TPSA) is 50.4 Å². The molecule has 5 unspecified atom stereocenters. The highest BCUT2D eigenvalue weighted by atomic mass is 16.4. The van der Waals surface area contributed by atoms with E-state index in [0.29, 0.717) is 48.6 Å². The number of carbonyl (C=O) groups is 1. The summed E-state index contributed by atoms with van der Waals surface area (Å²) in [6.07, 6.45) is 21.6. The number of rotatable bonds is 12. The van der Waals surface area contributed by atoms with E-state index in [1.54, 1.807) is 6.26 Å². The summed E-state index contributed by atoms with van der Waals surface area (Å²) < 4.78 is 5.43. The van der Waals surface area contributed by atoms with Crippen LogP contribution in [0.4, 0.5) is 0 Å². The molecule has 1 aromatic heterocycles. The average Bonchev–Trinajstić information content (AvgIpc) is 3.33. The highest BCUT2D eigenvalue weighted by Crippen LogP contribution is 2.43. The second-order valence-corrected chi connectivity index (χ2v) is 9.74. The predicted octanol–water partition coefficient (Wildman–Crippen LogP) is 7.52. The SMILES string of the molecule is CCCC(=O)CC(C1=CCCC=C1)C(CC(C)CC(O)c1ccco1)C1CC=CC=C1C. The second kappa shape index (κ2) is 12.2. The maximum absolute atomic E-state index is 12.9. The monoisotopic (exact) mass is 436 g/mol. The van der Waals surface area contributed by atoms with E-state index in [9.17, 15) is 9.90 Å². The van der Waals surface area contributed by atoms with Crippen LogP contribution in [0, 0.1) is 23.7 Å². The Kier molecular flexibility index (Phi) is 9.35. The molecule has 2 aliphatic rings. The van der Waals surface area contributed by atoms with Crippen molar-refractivity contribution in [2.24, 2.45) is 23.7 Å². The molecule has 0 radical (unpaired) electrons. The van der Waals surface area contributed by atoms with Crippen molar-refractivity contribution in [3.05, 3.63) is 71.8 Å². The molecular weight excluding hydrogens is 396 g/mol. The third-order valence-corrected chi connectivity index (χ3v) is 7.10. The van der Waals surface area contributed by atoms with Crippen molar-refractivity contribution in [1.29, 1.82) is 0 Å². The highest BCUT2D eigenvalue weighted by Gasteiger charge is 2.35. The molecule has 0 saturated heterocycles. The van der Waals surface area contributed by atoms with E-state index in [2.05, 4.69) is 57.2 Å². The van der Waals surface area contributed by atoms with E-state index in [1.807, 2.05) is 12.1 Å². The fourth-order valence-corrected chi connectivity index (χ4v) is 5.47. The number of hydrogen-bond donors (Lipinski definition) is 1. The fourth-order valence-electron chi connectivity index (χ4n) is 5.47. The Labute approximate surface area is 194 Å². The fraction of sp³-hybridized carbons (Fsp3) is 0.552. The molecule has 32 heavy (non-hydrogen) atoms. The molecule has 3 heteroatoms. The Morgan fingerprint density at radius 3 is 2.75 bits per heavy atom. The standard InChI is InChI=1S/C29H40O3/c1-4-11-24(30)20-26(23-13-6-5-7-14-23)27(25-15-9-8-12-22(25)3)18-21(2)19-28(31)29-16-10-17-32-29/h6,8-10,12-14,16-17,21,25-28,31H,4-5,7,11,15,18-20H2,1-3H3. The van der Waals surface area contributed by atoms with Crippen molar-refractivity contribution in [3.8, 4) is 0 Å². The van der Waals surface area contributed by atoms with Crippen LogP contribution in [0.1, 0.15) is 84.0 Å². The van der Waals surface area contributed by atoms with Crippen LogP contribution >= 0.6 is 0 Å². The summed E-state index contributed by atoms with van der Waals surface area (Å²) in [5.41, 5.74) is 2.75. The third kappa shape index (κ3) is 6.68. The molecule has 0 aromatic carbocycles. The Morgan fingerprint density at radius 1 is 1.25 bits per heavy atom. The molecule has 3 nitrogen and oxygen atoms in total. The number of ketones is 1. The number of hydrogen-bond acceptors (Lipinski definition) is 3. The van der Waals surface area contributed by atoms with Gasteiger partial charge in [0.25, 0.3) is 0 Å². The summed E-state index contributed by atoms with van der Waals surface area (Å²) in [6, 6.07) is 3.67. The minimum Gasteiger partial charge on any atom is -0.467 e. The Balaban J connectivity index is 1.85. The van der Waals surface area contributed by atoms with Crippen LogP contribution in [0.3, 0.4) is 0 Å². The van der Waals surface area contributed by atoms with Gasteiger partial charge in [0.15, 0.2) is 0 Å². The van der Waals surface area contributed by atoms with Gasteiger partial charge in [-0.3, -0.25) is 4.79 Å². The summed E-state index contributed by atoms with van der Waals surface area (Å²) in [5.74, 6) is 2.35. The van der Waals surface area contributed by atoms with E-state index < -0.39 is 6.10 Å². The first-order valence-corrected chi connectivity index (χ1v) is 12.4. The van der Waals surface area contributed by atoms with E-state index in [-0.39, 0.29) is 5.92 Å². The number of carbonyl (C=O) groups excluding carboxylic acids is 1. The van der Waals surface area contributed by atoms with Gasteiger partial charge in [-0.1, -0.05) is 55.9 Å². The molecule has 3 rings (SSSR count). The molecule has 0 amide bonds. The van der Waals surface area contributed by atoms with Gasteiger partial charge in [-0.05, 0) is 86.8 Å². The summed E-state index contributed by atoms with van der Waals surface area (Å²) in [4.78, 5) is 12.9. The quantitative estimate of drug-likeness (QED) is 0.368. The first-order chi connectivity index (χ1) is 15.5. The molecule has 0 saturated carbocycles. The van der Waals surface area contributed by atoms with Gasteiger partial charge < -0.3 is 9.52 Å². The number of aliphatic hydroxyl groups excluding tert-OH is 1. The molecule has 0 aliphatic heterocycles. The first-order valence-electron chi connectivity index (χ1n) is 12.4. The van der Waals surface area contributed by atoms with Crippen molar-refractivity contribution in [2.75, 3.05) is 0 Å². The predicted molar refractivity (Wildman–Crippen MR) is 131 cm³/mol. The molecule has 5 atom stereocenters. The van der Waals surface area contributed by atoms with Crippen LogP contribution in [0.2, 0.25) is 0 Å². The molecular formula is C29H40O3. The molecule has 1 heterocycles. The van der Waals surface area contributed by atoms with Crippen molar-refractivity contribution < 1.29 is 14.3 Å². The molecule has 2 aliphatic carbocycles. The van der Waals surface area contributed by atoms with Crippen molar-refractivity contribution in [2.45, 2.75) is 78.2 Å². The van der Waals surface area contributed by atoms with Crippen molar-refractivity contribution in [3.63, 3.8) is 0 Å². The zero-order valence-electron chi connectivity index (χ0n) is 20.0. The van der Waals surface area contributed by atoms with Crippen molar-refractivity contribution >= 4 is 5.78 Å². The lowest BCUT2D eigenvalue weighted by atomic mass is 9.66. The van der Waals surface area contributed by atoms with E-state index in [0.717, 1.165) is 32.1 Å². The van der Waals surface area contributed by atoms with Gasteiger partial charge in [-0.2, -0.15) is 0 Å². The van der Waals surface area contributed by atoms with Crippen molar-refractivity contribution in [1.82, 2.24) is 0 Å². The Morgan fingerprint density at radius 2 is 2.09 bits per heavy atom. The molecule has 0 fully saturated rings. The number of allylic oxidation sites excluding steroid dienone is 8. The van der Waals surface area contributed by atoms with Crippen LogP contribution in [-0.2, 0) is 4.79 Å². The van der Waals surface area contributed by atoms with Gasteiger partial charge in [-0.25, -0.2) is 0 Å². The van der Waals surface area contributed by atoms with Gasteiger partial charge in [0.2, 0.25) is 0 Å². The molecule has 0 bridgehead atoms. The molecule has 0 spiro atoms. The van der Waals surface area contributed by atoms with Gasteiger partial charge in [-0.15, -0.1) is 0 Å². The van der Waals surface area contributed by atoms with E-state index >= 15 is 0 Å². The van der Waals surface area contributed by atoms with Crippen LogP contribution in [0.15, 0.2) is 70.4 Å². The second-order valence-electron chi connectivity index (χ2n) is 9.74. The molecule has 1 N–H and O–H groups in total. The summed E-state index contributed by atoms with van der Waals surface area (Å²) in [7, 11) is 0. The zero-order chi connectivity index (χ0) is 22.9. The minimum atomic E-state index is -0.586. The lowest BCUT2D eigenvalue weighted by molar-refractivity contribution is -0.120. The number of Topliss-reactive ketones (excluding diaryl/α,β-unsaturated/α-hetero) is 1. The number of furan rings is 1. The summed E-state index contributed by atoms with van der Waals surface area (Å²) in [5, 5.41) is 10.7. The lowest BCUT2D eigenvalue weighted by Crippen LogP contribution is -2.30. The van der Waals surface area contributed by atoms with Gasteiger partial charge >= 0.3 is 0 Å².